The number of alkyl halides is 2. The van der Waals surface area contributed by atoms with E-state index in [9.17, 15) is 41.8 Å². The summed E-state index contributed by atoms with van der Waals surface area (Å²) in [5.74, 6) is -24.3. The second kappa shape index (κ2) is 12.2. The Morgan fingerprint density at radius 2 is 1.43 bits per heavy atom. The first kappa shape index (κ1) is 36.0. The number of phenols is 1. The number of rotatable bonds is 4. The Balaban J connectivity index is 1.14. The summed E-state index contributed by atoms with van der Waals surface area (Å²) >= 11 is 14.1. The summed E-state index contributed by atoms with van der Waals surface area (Å²) in [5.41, 5.74) is -0.152. The van der Waals surface area contributed by atoms with Gasteiger partial charge in [0.2, 0.25) is 23.5 Å². The zero-order chi connectivity index (χ0) is 39.7. The minimum atomic E-state index is -2.84. The fourth-order valence-electron chi connectivity index (χ4n) is 8.65. The highest BCUT2D eigenvalue weighted by atomic mass is 35.5. The number of halogens is 8. The molecule has 0 bridgehead atoms. The van der Waals surface area contributed by atoms with Crippen molar-refractivity contribution in [2.75, 3.05) is 9.80 Å². The van der Waals surface area contributed by atoms with Crippen molar-refractivity contribution in [3.05, 3.63) is 119 Å². The topological polar surface area (TPSA) is 121 Å². The zero-order valence-corrected chi connectivity index (χ0v) is 29.5. The van der Waals surface area contributed by atoms with Gasteiger partial charge >= 0.3 is 0 Å². The van der Waals surface area contributed by atoms with Gasteiger partial charge in [0.25, 0.3) is 11.8 Å². The van der Waals surface area contributed by atoms with E-state index in [0.29, 0.717) is 16.7 Å². The van der Waals surface area contributed by atoms with Crippen molar-refractivity contribution >= 4 is 69.3 Å². The Hall–Kier alpha value is -5.67. The first-order chi connectivity index (χ1) is 26.6. The van der Waals surface area contributed by atoms with Crippen LogP contribution in [0.4, 0.5) is 37.7 Å². The summed E-state index contributed by atoms with van der Waals surface area (Å²) in [6, 6.07) is 16.1. The van der Waals surface area contributed by atoms with Crippen LogP contribution >= 0.6 is 23.2 Å². The molecule has 9 nitrogen and oxygen atoms in total. The monoisotopic (exact) mass is 811 g/mol. The van der Waals surface area contributed by atoms with Gasteiger partial charge in [0.1, 0.15) is 11.2 Å². The normalized spacial score (nSPS) is 27.2. The van der Waals surface area contributed by atoms with E-state index in [1.54, 1.807) is 36.4 Å². The second-order valence-electron chi connectivity index (χ2n) is 13.9. The van der Waals surface area contributed by atoms with Gasteiger partial charge in [-0.2, -0.15) is 0 Å². The standard InChI is InChI=1S/C39H21Cl2F6N3O6/c40-38-14-20-18(10-11-19-25(20)35(53)49(34(19)52)17-8-5-15(6-9-17)33-48-22-3-1-2-4-24(22)56-33)26(16-7-12-23(51)21(42)13-16)39(38,41)37(55)50(36(38)54)32-30(46)28(44)27(43)29(45)31(32)47/h1-10,12-13,19-20,25-26,51H,11,14H2. The van der Waals surface area contributed by atoms with Gasteiger partial charge in [0, 0.05) is 11.5 Å². The summed E-state index contributed by atoms with van der Waals surface area (Å²) in [4.78, 5) is 56.6. The number of fused-ring (bicyclic) bond motifs is 5. The van der Waals surface area contributed by atoms with E-state index >= 15 is 8.78 Å². The minimum Gasteiger partial charge on any atom is -0.505 e. The number of amides is 4. The summed E-state index contributed by atoms with van der Waals surface area (Å²) in [7, 11) is 0. The number of para-hydroxylation sites is 2. The lowest BCUT2D eigenvalue weighted by atomic mass is 9.56. The highest BCUT2D eigenvalue weighted by molar-refractivity contribution is 6.58. The van der Waals surface area contributed by atoms with Gasteiger partial charge in [-0.25, -0.2) is 36.2 Å². The molecule has 56 heavy (non-hydrogen) atoms. The molecule has 0 radical (unpaired) electrons. The van der Waals surface area contributed by atoms with Crippen molar-refractivity contribution in [3.63, 3.8) is 0 Å². The molecule has 4 amide bonds. The Labute approximate surface area is 320 Å². The van der Waals surface area contributed by atoms with Crippen LogP contribution in [-0.4, -0.2) is 43.5 Å². The van der Waals surface area contributed by atoms with Crippen LogP contribution in [0.5, 0.6) is 5.75 Å². The van der Waals surface area contributed by atoms with E-state index in [4.69, 9.17) is 27.6 Å². The molecule has 17 heteroatoms. The van der Waals surface area contributed by atoms with Gasteiger partial charge in [-0.3, -0.25) is 24.1 Å². The minimum absolute atomic E-state index is 0.123. The highest BCUT2D eigenvalue weighted by Crippen LogP contribution is 2.66. The van der Waals surface area contributed by atoms with Crippen molar-refractivity contribution in [2.24, 2.45) is 17.8 Å². The van der Waals surface area contributed by atoms with Gasteiger partial charge in [0.15, 0.2) is 50.2 Å². The van der Waals surface area contributed by atoms with Gasteiger partial charge in [-0.05, 0) is 72.9 Å². The number of hydrogen-bond acceptors (Lipinski definition) is 7. The van der Waals surface area contributed by atoms with Crippen LogP contribution in [0.2, 0.25) is 0 Å². The molecule has 2 aliphatic heterocycles. The predicted octanol–water partition coefficient (Wildman–Crippen LogP) is 7.80. The quantitative estimate of drug-likeness (QED) is 0.0491. The third-order valence-corrected chi connectivity index (χ3v) is 12.6. The SMILES string of the molecule is O=C1C2CC=C3C(CC4(Cl)C(=O)N(c5c(F)c(F)c(F)c(F)c5F)C(=O)C4(Cl)C3c3ccc(O)c(F)c3)C2C(=O)N1c1ccc(-c2nc3ccccc3o2)cc1. The second-order valence-corrected chi connectivity index (χ2v) is 15.2. The van der Waals surface area contributed by atoms with E-state index in [2.05, 4.69) is 4.98 Å². The summed E-state index contributed by atoms with van der Waals surface area (Å²) in [6.45, 7) is 0. The molecule has 2 aliphatic carbocycles. The molecule has 1 N–H and O–H groups in total. The fourth-order valence-corrected chi connectivity index (χ4v) is 9.58. The van der Waals surface area contributed by atoms with E-state index in [-0.39, 0.29) is 34.0 Å². The third-order valence-electron chi connectivity index (χ3n) is 11.2. The molecule has 284 valence electrons. The number of hydrogen-bond donors (Lipinski definition) is 1. The molecular weight excluding hydrogens is 791 g/mol. The van der Waals surface area contributed by atoms with E-state index in [1.807, 2.05) is 0 Å². The van der Waals surface area contributed by atoms with Crippen LogP contribution in [0, 0.1) is 52.7 Å². The van der Waals surface area contributed by atoms with Gasteiger partial charge in [-0.1, -0.05) is 29.8 Å². The van der Waals surface area contributed by atoms with Crippen molar-refractivity contribution in [1.82, 2.24) is 4.98 Å². The molecule has 1 aromatic heterocycles. The van der Waals surface area contributed by atoms with Crippen LogP contribution in [0.1, 0.15) is 24.3 Å². The zero-order valence-electron chi connectivity index (χ0n) is 28.0. The third kappa shape index (κ3) is 4.61. The van der Waals surface area contributed by atoms with Crippen molar-refractivity contribution in [1.29, 1.82) is 0 Å². The average molecular weight is 813 g/mol. The number of carbonyl (C=O) groups is 4. The molecule has 2 saturated heterocycles. The number of allylic oxidation sites excluding steroid dienone is 2. The maximum atomic E-state index is 15.2. The summed E-state index contributed by atoms with van der Waals surface area (Å²) in [6.07, 6.45) is 0.620. The lowest BCUT2D eigenvalue weighted by Crippen LogP contribution is -2.60. The smallest absolute Gasteiger partial charge is 0.258 e. The summed E-state index contributed by atoms with van der Waals surface area (Å²) < 4.78 is 94.3. The average Bonchev–Trinajstić information content (AvgIpc) is 3.78. The fraction of sp³-hybridized carbons (Fsp3) is 0.205. The van der Waals surface area contributed by atoms with Crippen LogP contribution < -0.4 is 9.80 Å². The number of phenolic OH excluding ortho intramolecular Hbond substituents is 1. The molecule has 3 fully saturated rings. The van der Waals surface area contributed by atoms with E-state index in [1.165, 1.54) is 18.2 Å². The van der Waals surface area contributed by atoms with Gasteiger partial charge in [0.05, 0.1) is 17.5 Å². The number of imide groups is 2. The molecule has 5 aromatic rings. The molecule has 3 heterocycles. The van der Waals surface area contributed by atoms with Crippen molar-refractivity contribution in [2.45, 2.75) is 28.5 Å². The number of nitrogens with zero attached hydrogens (tertiary/aromatic N) is 3. The predicted molar refractivity (Wildman–Crippen MR) is 186 cm³/mol. The molecular formula is C39H21Cl2F6N3O6. The number of anilines is 2. The van der Waals surface area contributed by atoms with Crippen molar-refractivity contribution < 1.29 is 55.0 Å². The Morgan fingerprint density at radius 1 is 0.768 bits per heavy atom. The maximum absolute atomic E-state index is 15.2. The lowest BCUT2D eigenvalue weighted by molar-refractivity contribution is -0.125. The molecule has 1 saturated carbocycles. The Morgan fingerprint density at radius 3 is 2.09 bits per heavy atom. The molecule has 6 atom stereocenters. The van der Waals surface area contributed by atoms with Gasteiger partial charge in [-0.15, -0.1) is 23.2 Å². The van der Waals surface area contributed by atoms with E-state index in [0.717, 1.165) is 23.1 Å². The molecule has 4 aromatic carbocycles. The Bertz CT molecular complexity index is 2590. The van der Waals surface area contributed by atoms with Crippen LogP contribution in [0.3, 0.4) is 0 Å². The number of carbonyl (C=O) groups excluding carboxylic acids is 4. The number of aromatic nitrogens is 1. The first-order valence-electron chi connectivity index (χ1n) is 16.9. The van der Waals surface area contributed by atoms with E-state index < -0.39 is 110 Å². The van der Waals surface area contributed by atoms with Crippen LogP contribution in [0.25, 0.3) is 22.6 Å². The summed E-state index contributed by atoms with van der Waals surface area (Å²) in [5, 5.41) is 9.98. The lowest BCUT2D eigenvalue weighted by Gasteiger charge is -2.50. The highest BCUT2D eigenvalue weighted by Gasteiger charge is 2.77. The molecule has 9 rings (SSSR count). The van der Waals surface area contributed by atoms with Crippen LogP contribution in [0.15, 0.2) is 82.8 Å². The molecule has 6 unspecified atom stereocenters. The number of aromatic hydroxyl groups is 1. The number of benzene rings is 4. The molecule has 0 spiro atoms. The number of oxazole rings is 1. The van der Waals surface area contributed by atoms with Crippen LogP contribution in [-0.2, 0) is 19.2 Å². The Kier molecular flexibility index (Phi) is 7.82. The largest absolute Gasteiger partial charge is 0.505 e. The maximum Gasteiger partial charge on any atom is 0.258 e. The van der Waals surface area contributed by atoms with Gasteiger partial charge < -0.3 is 9.52 Å². The first-order valence-corrected chi connectivity index (χ1v) is 17.7. The van der Waals surface area contributed by atoms with Crippen molar-refractivity contribution in [3.8, 4) is 17.2 Å². The molecule has 4 aliphatic rings.